The molecule has 0 saturated carbocycles. The minimum atomic E-state index is 0.00912. The number of nitrogens with zero attached hydrogens (tertiary/aromatic N) is 2. The highest BCUT2D eigenvalue weighted by atomic mass is 35.5. The van der Waals surface area contributed by atoms with Gasteiger partial charge in [-0.15, -0.1) is 0 Å². The fourth-order valence-electron chi connectivity index (χ4n) is 2.32. The van der Waals surface area contributed by atoms with E-state index >= 15 is 0 Å². The van der Waals surface area contributed by atoms with Gasteiger partial charge in [-0.3, -0.25) is 4.68 Å². The topological polar surface area (TPSA) is 29.9 Å². The van der Waals surface area contributed by atoms with Gasteiger partial charge >= 0.3 is 0 Å². The van der Waals surface area contributed by atoms with Crippen LogP contribution in [0, 0.1) is 6.92 Å². The zero-order valence-corrected chi connectivity index (χ0v) is 13.5. The van der Waals surface area contributed by atoms with Gasteiger partial charge in [0.2, 0.25) is 0 Å². The minimum Gasteiger partial charge on any atom is -0.306 e. The molecule has 0 spiro atoms. The average Bonchev–Trinajstić information content (AvgIpc) is 2.74. The van der Waals surface area contributed by atoms with E-state index in [1.54, 1.807) is 6.07 Å². The molecule has 0 aliphatic carbocycles. The molecule has 1 N–H and O–H groups in total. The smallest absolute Gasteiger partial charge is 0.0644 e. The lowest BCUT2D eigenvalue weighted by molar-refractivity contribution is 0.596. The lowest BCUT2D eigenvalue weighted by Crippen LogP contribution is -2.23. The molecule has 0 saturated heterocycles. The molecule has 1 atom stereocenters. The largest absolute Gasteiger partial charge is 0.306 e. The van der Waals surface area contributed by atoms with Gasteiger partial charge in [-0.1, -0.05) is 42.3 Å². The number of aromatic nitrogens is 2. The zero-order chi connectivity index (χ0) is 14.7. The van der Waals surface area contributed by atoms with Crippen LogP contribution >= 0.6 is 23.2 Å². The fourth-order valence-corrected chi connectivity index (χ4v) is 2.74. The summed E-state index contributed by atoms with van der Waals surface area (Å²) in [4.78, 5) is 0. The summed E-state index contributed by atoms with van der Waals surface area (Å²) in [5.74, 6) is 0. The molecule has 0 bridgehead atoms. The Bertz CT molecular complexity index is 593. The van der Waals surface area contributed by atoms with Gasteiger partial charge in [0.25, 0.3) is 0 Å². The lowest BCUT2D eigenvalue weighted by Gasteiger charge is -2.20. The monoisotopic (exact) mass is 311 g/mol. The Labute approximate surface area is 129 Å². The number of nitrogens with one attached hydrogen (secondary N) is 1. The molecule has 0 amide bonds. The molecule has 1 aromatic carbocycles. The maximum absolute atomic E-state index is 6.38. The molecular formula is C15H19Cl2N3. The van der Waals surface area contributed by atoms with Crippen LogP contribution in [-0.4, -0.2) is 16.3 Å². The fraction of sp³-hybridized carbons (Fsp3) is 0.400. The predicted molar refractivity (Wildman–Crippen MR) is 84.5 cm³/mol. The second-order valence-electron chi connectivity index (χ2n) is 4.87. The SMILES string of the molecule is CCCNC(c1cn(C)nc1C)c1cccc(Cl)c1Cl. The van der Waals surface area contributed by atoms with E-state index in [4.69, 9.17) is 23.2 Å². The molecule has 0 aliphatic heterocycles. The van der Waals surface area contributed by atoms with Gasteiger partial charge in [0, 0.05) is 18.8 Å². The van der Waals surface area contributed by atoms with E-state index in [2.05, 4.69) is 17.3 Å². The third-order valence-electron chi connectivity index (χ3n) is 3.25. The number of hydrogen-bond acceptors (Lipinski definition) is 2. The summed E-state index contributed by atoms with van der Waals surface area (Å²) in [6.45, 7) is 5.05. The number of benzene rings is 1. The van der Waals surface area contributed by atoms with E-state index in [1.165, 1.54) is 0 Å². The van der Waals surface area contributed by atoms with Crippen molar-refractivity contribution >= 4 is 23.2 Å². The molecule has 2 rings (SSSR count). The third kappa shape index (κ3) is 3.17. The van der Waals surface area contributed by atoms with Crippen LogP contribution in [0.2, 0.25) is 10.0 Å². The van der Waals surface area contributed by atoms with Crippen LogP contribution in [-0.2, 0) is 7.05 Å². The molecule has 3 nitrogen and oxygen atoms in total. The van der Waals surface area contributed by atoms with Gasteiger partial charge in [0.1, 0.15) is 0 Å². The summed E-state index contributed by atoms with van der Waals surface area (Å²) in [5.41, 5.74) is 3.12. The van der Waals surface area contributed by atoms with Crippen LogP contribution in [0.15, 0.2) is 24.4 Å². The van der Waals surface area contributed by atoms with Crippen LogP contribution in [0.4, 0.5) is 0 Å². The Balaban J connectivity index is 2.47. The van der Waals surface area contributed by atoms with Gasteiger partial charge in [0.05, 0.1) is 21.8 Å². The van der Waals surface area contributed by atoms with Gasteiger partial charge in [-0.2, -0.15) is 5.10 Å². The molecule has 2 aromatic rings. The highest BCUT2D eigenvalue weighted by molar-refractivity contribution is 6.42. The first-order valence-electron chi connectivity index (χ1n) is 6.72. The summed E-state index contributed by atoms with van der Waals surface area (Å²) >= 11 is 12.5. The van der Waals surface area contributed by atoms with E-state index in [-0.39, 0.29) is 6.04 Å². The van der Waals surface area contributed by atoms with E-state index in [0.29, 0.717) is 10.0 Å². The van der Waals surface area contributed by atoms with Crippen LogP contribution in [0.5, 0.6) is 0 Å². The summed E-state index contributed by atoms with van der Waals surface area (Å²) in [6, 6.07) is 5.75. The number of halogens is 2. The number of hydrogen-bond donors (Lipinski definition) is 1. The standard InChI is InChI=1S/C15H19Cl2N3/c1-4-8-18-15(12-9-20(3)19-10(12)2)11-6-5-7-13(16)14(11)17/h5-7,9,15,18H,4,8H2,1-3H3. The second-order valence-corrected chi connectivity index (χ2v) is 5.66. The van der Waals surface area contributed by atoms with E-state index in [1.807, 2.05) is 37.0 Å². The summed E-state index contributed by atoms with van der Waals surface area (Å²) in [6.07, 6.45) is 3.08. The summed E-state index contributed by atoms with van der Waals surface area (Å²) < 4.78 is 1.82. The van der Waals surface area contributed by atoms with Gasteiger partial charge < -0.3 is 5.32 Å². The van der Waals surface area contributed by atoms with Crippen molar-refractivity contribution in [2.75, 3.05) is 6.54 Å². The van der Waals surface area contributed by atoms with Crippen molar-refractivity contribution in [2.24, 2.45) is 7.05 Å². The Hall–Kier alpha value is -1.03. The Morgan fingerprint density at radius 3 is 2.65 bits per heavy atom. The van der Waals surface area contributed by atoms with E-state index in [0.717, 1.165) is 29.8 Å². The van der Waals surface area contributed by atoms with Gasteiger partial charge in [-0.25, -0.2) is 0 Å². The Morgan fingerprint density at radius 1 is 1.30 bits per heavy atom. The van der Waals surface area contributed by atoms with Crippen LogP contribution < -0.4 is 5.32 Å². The molecule has 1 heterocycles. The molecule has 0 aliphatic rings. The number of rotatable bonds is 5. The maximum atomic E-state index is 6.38. The molecule has 108 valence electrons. The number of aryl methyl sites for hydroxylation is 2. The van der Waals surface area contributed by atoms with Gasteiger partial charge in [-0.05, 0) is 31.5 Å². The highest BCUT2D eigenvalue weighted by Gasteiger charge is 2.21. The first kappa shape index (κ1) is 15.4. The zero-order valence-electron chi connectivity index (χ0n) is 12.0. The normalized spacial score (nSPS) is 12.7. The minimum absolute atomic E-state index is 0.00912. The van der Waals surface area contributed by atoms with Crippen molar-refractivity contribution in [3.63, 3.8) is 0 Å². The predicted octanol–water partition coefficient (Wildman–Crippen LogP) is 4.12. The van der Waals surface area contributed by atoms with Crippen molar-refractivity contribution in [3.8, 4) is 0 Å². The molecule has 1 unspecified atom stereocenters. The van der Waals surface area contributed by atoms with Crippen LogP contribution in [0.3, 0.4) is 0 Å². The first-order valence-corrected chi connectivity index (χ1v) is 7.47. The average molecular weight is 312 g/mol. The molecule has 5 heteroatoms. The quantitative estimate of drug-likeness (QED) is 0.900. The molecular weight excluding hydrogens is 293 g/mol. The third-order valence-corrected chi connectivity index (χ3v) is 4.09. The van der Waals surface area contributed by atoms with E-state index < -0.39 is 0 Å². The lowest BCUT2D eigenvalue weighted by atomic mass is 9.99. The second kappa shape index (κ2) is 6.61. The van der Waals surface area contributed by atoms with E-state index in [9.17, 15) is 0 Å². The first-order chi connectivity index (χ1) is 9.54. The van der Waals surface area contributed by atoms with Crippen molar-refractivity contribution in [1.29, 1.82) is 0 Å². The molecule has 0 radical (unpaired) electrons. The summed E-state index contributed by atoms with van der Waals surface area (Å²) in [5, 5.41) is 9.13. The van der Waals surface area contributed by atoms with Crippen molar-refractivity contribution < 1.29 is 0 Å². The van der Waals surface area contributed by atoms with Crippen molar-refractivity contribution in [2.45, 2.75) is 26.3 Å². The van der Waals surface area contributed by atoms with Crippen molar-refractivity contribution in [3.05, 3.63) is 51.3 Å². The van der Waals surface area contributed by atoms with Crippen LogP contribution in [0.25, 0.3) is 0 Å². The molecule has 20 heavy (non-hydrogen) atoms. The van der Waals surface area contributed by atoms with Crippen molar-refractivity contribution in [1.82, 2.24) is 15.1 Å². The van der Waals surface area contributed by atoms with Crippen LogP contribution in [0.1, 0.15) is 36.2 Å². The summed E-state index contributed by atoms with van der Waals surface area (Å²) in [7, 11) is 1.92. The molecule has 0 fully saturated rings. The maximum Gasteiger partial charge on any atom is 0.0644 e. The Kier molecular flexibility index (Phi) is 5.08. The van der Waals surface area contributed by atoms with Gasteiger partial charge in [0.15, 0.2) is 0 Å². The Morgan fingerprint density at radius 2 is 2.05 bits per heavy atom. The molecule has 1 aromatic heterocycles. The highest BCUT2D eigenvalue weighted by Crippen LogP contribution is 2.34.